The normalized spacial score (nSPS) is 12.1. The smallest absolute Gasteiger partial charge is 0.261 e. The van der Waals surface area contributed by atoms with Gasteiger partial charge in [0.2, 0.25) is 0 Å². The van der Waals surface area contributed by atoms with Gasteiger partial charge in [0.1, 0.15) is 0 Å². The molecule has 1 atom stereocenters. The second kappa shape index (κ2) is 6.41. The highest BCUT2D eigenvalue weighted by Crippen LogP contribution is 2.14. The molecule has 3 rings (SSSR count). The highest BCUT2D eigenvalue weighted by atomic mass is 32.1. The number of hydrogen-bond acceptors (Lipinski definition) is 3. The van der Waals surface area contributed by atoms with E-state index in [4.69, 9.17) is 12.2 Å². The first-order valence-corrected chi connectivity index (χ1v) is 7.97. The van der Waals surface area contributed by atoms with E-state index in [1.165, 1.54) is 4.57 Å². The largest absolute Gasteiger partial charge is 0.346 e. The van der Waals surface area contributed by atoms with Crippen molar-refractivity contribution in [1.29, 1.82) is 0 Å². The zero-order valence-corrected chi connectivity index (χ0v) is 14.2. The fraction of sp³-hybridized carbons (Fsp3) is 0.167. The molecule has 6 heteroatoms. The summed E-state index contributed by atoms with van der Waals surface area (Å²) in [5.41, 5.74) is 1.88. The number of rotatable bonds is 3. The predicted octanol–water partition coefficient (Wildman–Crippen LogP) is 3.09. The molecule has 2 N–H and O–H groups in total. The molecule has 1 unspecified atom stereocenters. The van der Waals surface area contributed by atoms with Crippen molar-refractivity contribution >= 4 is 29.0 Å². The Labute approximate surface area is 144 Å². The molecule has 1 aromatic heterocycles. The van der Waals surface area contributed by atoms with Gasteiger partial charge in [0.25, 0.3) is 11.5 Å². The van der Waals surface area contributed by atoms with Crippen molar-refractivity contribution in [2.45, 2.75) is 13.0 Å². The van der Waals surface area contributed by atoms with E-state index in [-0.39, 0.29) is 17.5 Å². The van der Waals surface area contributed by atoms with Crippen LogP contribution in [0.2, 0.25) is 0 Å². The van der Waals surface area contributed by atoms with Gasteiger partial charge in [0.15, 0.2) is 4.77 Å². The van der Waals surface area contributed by atoms with Crippen LogP contribution in [0.1, 0.15) is 28.9 Å². The number of nitrogens with one attached hydrogen (secondary N) is 2. The van der Waals surface area contributed by atoms with Crippen molar-refractivity contribution in [3.05, 3.63) is 74.8 Å². The maximum absolute atomic E-state index is 12.5. The first kappa shape index (κ1) is 16.1. The number of nitrogens with zero attached hydrogens (tertiary/aromatic N) is 1. The Bertz CT molecular complexity index is 1020. The molecule has 0 aliphatic carbocycles. The molecule has 24 heavy (non-hydrogen) atoms. The maximum Gasteiger partial charge on any atom is 0.261 e. The Balaban J connectivity index is 1.92. The van der Waals surface area contributed by atoms with Crippen LogP contribution in [0.15, 0.2) is 53.3 Å². The first-order chi connectivity index (χ1) is 11.5. The quantitative estimate of drug-likeness (QED) is 0.721. The van der Waals surface area contributed by atoms with Gasteiger partial charge < -0.3 is 10.3 Å². The summed E-state index contributed by atoms with van der Waals surface area (Å²) in [4.78, 5) is 27.6. The predicted molar refractivity (Wildman–Crippen MR) is 96.7 cm³/mol. The molecule has 0 bridgehead atoms. The minimum atomic E-state index is -0.201. The average Bonchev–Trinajstić information content (AvgIpc) is 2.60. The lowest BCUT2D eigenvalue weighted by molar-refractivity contribution is 0.0940. The minimum Gasteiger partial charge on any atom is -0.346 e. The van der Waals surface area contributed by atoms with Gasteiger partial charge in [-0.25, -0.2) is 0 Å². The summed E-state index contributed by atoms with van der Waals surface area (Å²) in [6.45, 7) is 1.93. The van der Waals surface area contributed by atoms with Crippen LogP contribution in [-0.2, 0) is 7.05 Å². The fourth-order valence-corrected chi connectivity index (χ4v) is 2.75. The van der Waals surface area contributed by atoms with Crippen LogP contribution in [0.25, 0.3) is 10.9 Å². The van der Waals surface area contributed by atoms with Gasteiger partial charge in [-0.3, -0.25) is 14.2 Å². The van der Waals surface area contributed by atoms with Gasteiger partial charge in [-0.2, -0.15) is 0 Å². The molecule has 0 saturated carbocycles. The van der Waals surface area contributed by atoms with Gasteiger partial charge in [-0.05, 0) is 42.9 Å². The summed E-state index contributed by atoms with van der Waals surface area (Å²) in [5.74, 6) is -0.201. The number of benzene rings is 2. The lowest BCUT2D eigenvalue weighted by Crippen LogP contribution is -2.27. The summed E-state index contributed by atoms with van der Waals surface area (Å²) in [6.07, 6.45) is 0. The van der Waals surface area contributed by atoms with E-state index in [9.17, 15) is 9.59 Å². The summed E-state index contributed by atoms with van der Waals surface area (Å²) in [5, 5.41) is 3.45. The van der Waals surface area contributed by atoms with E-state index >= 15 is 0 Å². The lowest BCUT2D eigenvalue weighted by Gasteiger charge is -2.14. The second-order valence-corrected chi connectivity index (χ2v) is 6.05. The van der Waals surface area contributed by atoms with Gasteiger partial charge in [-0.15, -0.1) is 0 Å². The monoisotopic (exact) mass is 339 g/mol. The Morgan fingerprint density at radius 2 is 1.92 bits per heavy atom. The third-order valence-corrected chi connectivity index (χ3v) is 4.39. The highest BCUT2D eigenvalue weighted by Gasteiger charge is 2.13. The Kier molecular flexibility index (Phi) is 4.31. The van der Waals surface area contributed by atoms with Crippen molar-refractivity contribution in [3.63, 3.8) is 0 Å². The fourth-order valence-electron chi connectivity index (χ4n) is 2.55. The molecule has 0 aliphatic rings. The first-order valence-electron chi connectivity index (χ1n) is 7.56. The standard InChI is InChI=1S/C18H17N3O2S/c1-11(12-6-4-3-5-7-12)19-16(22)13-8-9-14-15(10-13)20-18(24)21(2)17(14)23/h3-11H,1-2H3,(H,19,22)(H,20,24). The second-order valence-electron chi connectivity index (χ2n) is 5.66. The molecule has 5 nitrogen and oxygen atoms in total. The molecule has 2 aromatic carbocycles. The SMILES string of the molecule is CC(NC(=O)c1ccc2c(=O)n(C)c(=S)[nH]c2c1)c1ccccc1. The van der Waals surface area contributed by atoms with Crippen molar-refractivity contribution in [2.24, 2.45) is 7.05 Å². The van der Waals surface area contributed by atoms with Gasteiger partial charge >= 0.3 is 0 Å². The van der Waals surface area contributed by atoms with Crippen LogP contribution in [0.3, 0.4) is 0 Å². The van der Waals surface area contributed by atoms with Crippen molar-refractivity contribution < 1.29 is 4.79 Å². The Morgan fingerprint density at radius 1 is 1.21 bits per heavy atom. The number of hydrogen-bond donors (Lipinski definition) is 2. The average molecular weight is 339 g/mol. The van der Waals surface area contributed by atoms with E-state index in [0.29, 0.717) is 21.2 Å². The van der Waals surface area contributed by atoms with E-state index in [1.54, 1.807) is 25.2 Å². The molecule has 0 radical (unpaired) electrons. The van der Waals surface area contributed by atoms with Crippen molar-refractivity contribution in [1.82, 2.24) is 14.9 Å². The molecule has 0 saturated heterocycles. The molecule has 1 heterocycles. The van der Waals surface area contributed by atoms with Crippen LogP contribution in [0, 0.1) is 4.77 Å². The van der Waals surface area contributed by atoms with Crippen molar-refractivity contribution in [3.8, 4) is 0 Å². The third-order valence-electron chi connectivity index (χ3n) is 4.01. The molecule has 122 valence electrons. The summed E-state index contributed by atoms with van der Waals surface area (Å²) < 4.78 is 1.69. The summed E-state index contributed by atoms with van der Waals surface area (Å²) >= 11 is 5.12. The number of H-pyrrole nitrogens is 1. The van der Waals surface area contributed by atoms with Crippen LogP contribution in [0.5, 0.6) is 0 Å². The summed E-state index contributed by atoms with van der Waals surface area (Å²) in [7, 11) is 1.61. The van der Waals surface area contributed by atoms with Gasteiger partial charge in [0.05, 0.1) is 16.9 Å². The van der Waals surface area contributed by atoms with Gasteiger partial charge in [-0.1, -0.05) is 30.3 Å². The highest BCUT2D eigenvalue weighted by molar-refractivity contribution is 7.71. The Morgan fingerprint density at radius 3 is 2.62 bits per heavy atom. The number of carbonyl (C=O) groups excluding carboxylic acids is 1. The number of aromatic amines is 1. The summed E-state index contributed by atoms with van der Waals surface area (Å²) in [6, 6.07) is 14.6. The number of fused-ring (bicyclic) bond motifs is 1. The van der Waals surface area contributed by atoms with Crippen LogP contribution in [-0.4, -0.2) is 15.5 Å². The molecule has 0 aliphatic heterocycles. The third kappa shape index (κ3) is 3.00. The number of carbonyl (C=O) groups is 1. The molecular weight excluding hydrogens is 322 g/mol. The zero-order chi connectivity index (χ0) is 17.3. The van der Waals surface area contributed by atoms with Gasteiger partial charge in [0, 0.05) is 12.6 Å². The maximum atomic E-state index is 12.5. The molecule has 0 fully saturated rings. The molecule has 3 aromatic rings. The molecule has 0 spiro atoms. The topological polar surface area (TPSA) is 66.9 Å². The van der Waals surface area contributed by atoms with E-state index < -0.39 is 0 Å². The number of amides is 1. The molecular formula is C18H17N3O2S. The van der Waals surface area contributed by atoms with Crippen molar-refractivity contribution in [2.75, 3.05) is 0 Å². The van der Waals surface area contributed by atoms with Crippen LogP contribution in [0.4, 0.5) is 0 Å². The number of aromatic nitrogens is 2. The minimum absolute atomic E-state index is 0.114. The molecule has 1 amide bonds. The Hall–Kier alpha value is -2.73. The van der Waals surface area contributed by atoms with Crippen LogP contribution >= 0.6 is 12.2 Å². The van der Waals surface area contributed by atoms with Crippen LogP contribution < -0.4 is 10.9 Å². The zero-order valence-electron chi connectivity index (χ0n) is 13.4. The van der Waals surface area contributed by atoms with E-state index in [0.717, 1.165) is 5.56 Å². The van der Waals surface area contributed by atoms with E-state index in [1.807, 2.05) is 37.3 Å². The van der Waals surface area contributed by atoms with E-state index in [2.05, 4.69) is 10.3 Å². The lowest BCUT2D eigenvalue weighted by atomic mass is 10.1.